The van der Waals surface area contributed by atoms with Crippen LogP contribution in [0.2, 0.25) is 0 Å². The van der Waals surface area contributed by atoms with E-state index < -0.39 is 42.5 Å². The van der Waals surface area contributed by atoms with Gasteiger partial charge in [0.1, 0.15) is 23.4 Å². The minimum absolute atomic E-state index is 0.0842. The predicted octanol–water partition coefficient (Wildman–Crippen LogP) is 1.46. The molecule has 0 bridgehead atoms. The number of hydrogen-bond donors (Lipinski definition) is 0. The fourth-order valence-electron chi connectivity index (χ4n) is 4.00. The smallest absolute Gasteiger partial charge is 0.373 e. The molecule has 138 valence electrons. The number of halogens is 3. The Bertz CT molecular complexity index is 506. The topological polar surface area (TPSA) is 69.8 Å². The molecular formula is C15H21F3O6. The number of carbonyl (C=O) groups excluding carboxylic acids is 1. The summed E-state index contributed by atoms with van der Waals surface area (Å²) in [5, 5.41) is 0. The molecule has 0 aromatic carbocycles. The molecule has 2 heterocycles. The second-order valence-corrected chi connectivity index (χ2v) is 6.69. The van der Waals surface area contributed by atoms with E-state index >= 15 is 0 Å². The van der Waals surface area contributed by atoms with E-state index in [-0.39, 0.29) is 18.1 Å². The van der Waals surface area contributed by atoms with Gasteiger partial charge in [-0.1, -0.05) is 0 Å². The summed E-state index contributed by atoms with van der Waals surface area (Å²) in [6.07, 6.45) is -5.99. The number of alkyl halides is 3. The molecule has 0 amide bonds. The maximum absolute atomic E-state index is 12.5. The van der Waals surface area contributed by atoms with E-state index in [1.54, 1.807) is 6.92 Å². The van der Waals surface area contributed by atoms with Gasteiger partial charge < -0.3 is 18.9 Å². The van der Waals surface area contributed by atoms with Crippen molar-refractivity contribution in [3.8, 4) is 0 Å². The number of methoxy groups -OCH3 is 2. The average Bonchev–Trinajstić information content (AvgIpc) is 3.39. The van der Waals surface area contributed by atoms with E-state index in [4.69, 9.17) is 18.9 Å². The first-order valence-electron chi connectivity index (χ1n) is 7.78. The molecule has 1 spiro atoms. The molecule has 2 aliphatic heterocycles. The van der Waals surface area contributed by atoms with E-state index in [1.165, 1.54) is 14.2 Å². The lowest BCUT2D eigenvalue weighted by Crippen LogP contribution is -2.58. The van der Waals surface area contributed by atoms with Crippen molar-refractivity contribution in [1.82, 2.24) is 0 Å². The Hall–Kier alpha value is -0.740. The van der Waals surface area contributed by atoms with Crippen LogP contribution in [-0.4, -0.2) is 69.1 Å². The number of Topliss-reactive ketones (excluding diaryl/α,β-unsaturated/α-hetero) is 1. The highest BCUT2D eigenvalue weighted by atomic mass is 19.4. The third kappa shape index (κ3) is 3.08. The number of rotatable bonds is 6. The summed E-state index contributed by atoms with van der Waals surface area (Å²) in [5.74, 6) is -0.571. The van der Waals surface area contributed by atoms with Gasteiger partial charge in [-0.3, -0.25) is 9.53 Å². The highest BCUT2D eigenvalue weighted by Crippen LogP contribution is 2.58. The van der Waals surface area contributed by atoms with Crippen LogP contribution in [0.1, 0.15) is 19.8 Å². The van der Waals surface area contributed by atoms with Gasteiger partial charge in [0.25, 0.3) is 0 Å². The fraction of sp³-hybridized carbons (Fsp3) is 0.933. The maximum Gasteiger partial charge on any atom is 0.522 e. The minimum Gasteiger partial charge on any atom is -0.373 e. The van der Waals surface area contributed by atoms with Crippen LogP contribution in [-0.2, 0) is 28.5 Å². The van der Waals surface area contributed by atoms with Crippen molar-refractivity contribution in [2.45, 2.75) is 55.6 Å². The highest BCUT2D eigenvalue weighted by molar-refractivity contribution is 5.89. The molecule has 1 saturated carbocycles. The maximum atomic E-state index is 12.5. The first kappa shape index (κ1) is 18.1. The molecule has 0 radical (unpaired) electrons. The summed E-state index contributed by atoms with van der Waals surface area (Å²) in [6, 6.07) is 0. The predicted molar refractivity (Wildman–Crippen MR) is 73.3 cm³/mol. The second-order valence-electron chi connectivity index (χ2n) is 6.69. The molecule has 0 N–H and O–H groups in total. The first-order valence-corrected chi connectivity index (χ1v) is 7.78. The van der Waals surface area contributed by atoms with Crippen molar-refractivity contribution in [1.29, 1.82) is 0 Å². The van der Waals surface area contributed by atoms with Crippen LogP contribution in [0, 0.1) is 5.92 Å². The van der Waals surface area contributed by atoms with E-state index in [1.807, 2.05) is 0 Å². The van der Waals surface area contributed by atoms with E-state index in [9.17, 15) is 18.0 Å². The second kappa shape index (κ2) is 5.91. The van der Waals surface area contributed by atoms with Gasteiger partial charge >= 0.3 is 6.36 Å². The summed E-state index contributed by atoms with van der Waals surface area (Å²) >= 11 is 0. The lowest BCUT2D eigenvalue weighted by molar-refractivity contribution is -0.324. The summed E-state index contributed by atoms with van der Waals surface area (Å²) in [4.78, 5) is 12.5. The van der Waals surface area contributed by atoms with Crippen LogP contribution in [0.25, 0.3) is 0 Å². The molecule has 3 rings (SSSR count). The van der Waals surface area contributed by atoms with Crippen LogP contribution >= 0.6 is 0 Å². The van der Waals surface area contributed by atoms with Crippen LogP contribution in [0.4, 0.5) is 13.2 Å². The Morgan fingerprint density at radius 2 is 1.96 bits per heavy atom. The lowest BCUT2D eigenvalue weighted by Gasteiger charge is -2.40. The SMILES string of the molecule is CO[C@H]1C[C@]2(CO2)[C@@H]([C@@]2(C)O[C@@H]2CCOC(F)(F)F)[C@H](OC)C1=O. The lowest BCUT2D eigenvalue weighted by atomic mass is 9.68. The number of ketones is 1. The standard InChI is InChI=1S/C15H21F3O6/c1-13(9(24-13)4-5-22-15(16,17)18)12-11(21-3)10(19)8(20-2)6-14(12)7-23-14/h8-9,11-12H,4-7H2,1-3H3/t8-,9+,11+,12+,13-,14-/m0/s1. The number of ether oxygens (including phenoxy) is 5. The molecule has 2 saturated heterocycles. The minimum atomic E-state index is -4.66. The summed E-state index contributed by atoms with van der Waals surface area (Å²) in [7, 11) is 2.88. The van der Waals surface area contributed by atoms with Gasteiger partial charge in [-0.15, -0.1) is 13.2 Å². The summed E-state index contributed by atoms with van der Waals surface area (Å²) in [6.45, 7) is 1.75. The van der Waals surface area contributed by atoms with E-state index in [2.05, 4.69) is 4.74 Å². The van der Waals surface area contributed by atoms with Crippen LogP contribution in [0.5, 0.6) is 0 Å². The van der Waals surface area contributed by atoms with Gasteiger partial charge in [0.15, 0.2) is 5.78 Å². The number of epoxide rings is 2. The van der Waals surface area contributed by atoms with Crippen LogP contribution in [0.15, 0.2) is 0 Å². The molecular weight excluding hydrogens is 333 g/mol. The van der Waals surface area contributed by atoms with Crippen molar-refractivity contribution in [2.75, 3.05) is 27.4 Å². The molecule has 0 aromatic rings. The fourth-order valence-corrected chi connectivity index (χ4v) is 4.00. The van der Waals surface area contributed by atoms with Gasteiger partial charge in [-0.05, 0) is 6.92 Å². The monoisotopic (exact) mass is 354 g/mol. The molecule has 0 aromatic heterocycles. The summed E-state index contributed by atoms with van der Waals surface area (Å²) < 4.78 is 62.0. The van der Waals surface area contributed by atoms with E-state index in [0.717, 1.165) is 0 Å². The zero-order valence-corrected chi connectivity index (χ0v) is 13.7. The molecule has 3 fully saturated rings. The molecule has 9 heteroatoms. The van der Waals surface area contributed by atoms with Gasteiger partial charge in [-0.25, -0.2) is 0 Å². The van der Waals surface area contributed by atoms with Crippen molar-refractivity contribution in [2.24, 2.45) is 5.92 Å². The van der Waals surface area contributed by atoms with Crippen molar-refractivity contribution >= 4 is 5.78 Å². The number of hydrogen-bond acceptors (Lipinski definition) is 6. The third-order valence-electron chi connectivity index (χ3n) is 5.29. The first-order chi connectivity index (χ1) is 11.2. The van der Waals surface area contributed by atoms with Crippen molar-refractivity contribution in [3.63, 3.8) is 0 Å². The quantitative estimate of drug-likeness (QED) is 0.673. The number of carbonyl (C=O) groups is 1. The van der Waals surface area contributed by atoms with Crippen LogP contribution < -0.4 is 0 Å². The van der Waals surface area contributed by atoms with Gasteiger partial charge in [0.2, 0.25) is 0 Å². The van der Waals surface area contributed by atoms with E-state index in [0.29, 0.717) is 13.0 Å². The zero-order chi connectivity index (χ0) is 17.8. The summed E-state index contributed by atoms with van der Waals surface area (Å²) in [5.41, 5.74) is -1.36. The van der Waals surface area contributed by atoms with Gasteiger partial charge in [-0.2, -0.15) is 0 Å². The average molecular weight is 354 g/mol. The largest absolute Gasteiger partial charge is 0.522 e. The molecule has 24 heavy (non-hydrogen) atoms. The molecule has 3 aliphatic rings. The molecule has 0 unspecified atom stereocenters. The Morgan fingerprint density at radius 1 is 1.29 bits per heavy atom. The molecule has 6 nitrogen and oxygen atoms in total. The zero-order valence-electron chi connectivity index (χ0n) is 13.7. The Morgan fingerprint density at radius 3 is 2.46 bits per heavy atom. The molecule has 6 atom stereocenters. The van der Waals surface area contributed by atoms with Gasteiger partial charge in [0.05, 0.1) is 25.2 Å². The normalized spacial score (nSPS) is 44.8. The van der Waals surface area contributed by atoms with Crippen LogP contribution in [0.3, 0.4) is 0 Å². The van der Waals surface area contributed by atoms with Crippen molar-refractivity contribution in [3.05, 3.63) is 0 Å². The Labute approximate surface area is 137 Å². The third-order valence-corrected chi connectivity index (χ3v) is 5.29. The highest BCUT2D eigenvalue weighted by Gasteiger charge is 2.73. The molecule has 1 aliphatic carbocycles. The van der Waals surface area contributed by atoms with Crippen molar-refractivity contribution < 1.29 is 41.7 Å². The van der Waals surface area contributed by atoms with Gasteiger partial charge in [0, 0.05) is 27.1 Å². The Balaban J connectivity index is 1.70. The Kier molecular flexibility index (Phi) is 4.45.